The van der Waals surface area contributed by atoms with Crippen LogP contribution in [0.1, 0.15) is 24.8 Å². The van der Waals surface area contributed by atoms with Gasteiger partial charge in [0.15, 0.2) is 11.4 Å². The smallest absolute Gasteiger partial charge is 0.329 e. The number of anilines is 1. The van der Waals surface area contributed by atoms with Crippen molar-refractivity contribution in [1.29, 1.82) is 0 Å². The molecule has 1 N–H and O–H groups in total. The summed E-state index contributed by atoms with van der Waals surface area (Å²) in [6, 6.07) is 5.68. The van der Waals surface area contributed by atoms with Crippen LogP contribution in [-0.2, 0) is 21.4 Å². The van der Waals surface area contributed by atoms with Crippen LogP contribution >= 0.6 is 0 Å². The van der Waals surface area contributed by atoms with E-state index in [1.807, 2.05) is 18.2 Å². The van der Waals surface area contributed by atoms with E-state index in [1.165, 1.54) is 11.2 Å². The van der Waals surface area contributed by atoms with Crippen molar-refractivity contribution in [3.63, 3.8) is 0 Å². The fraction of sp³-hybridized carbons (Fsp3) is 0.526. The second kappa shape index (κ2) is 7.03. The summed E-state index contributed by atoms with van der Waals surface area (Å²) in [6.45, 7) is 2.00. The van der Waals surface area contributed by atoms with Gasteiger partial charge in [-0.15, -0.1) is 0 Å². The number of benzene rings is 1. The number of imide groups is 1. The third kappa shape index (κ3) is 3.36. The molecule has 2 bridgehead atoms. The first-order chi connectivity index (χ1) is 14.3. The monoisotopic (exact) mass is 433 g/mol. The van der Waals surface area contributed by atoms with Gasteiger partial charge >= 0.3 is 6.03 Å². The van der Waals surface area contributed by atoms with E-state index in [-0.39, 0.29) is 31.0 Å². The molecule has 3 aliphatic rings. The summed E-state index contributed by atoms with van der Waals surface area (Å²) in [5.41, 5.74) is 1.62. The lowest BCUT2D eigenvalue weighted by Crippen LogP contribution is -2.54. The van der Waals surface area contributed by atoms with Gasteiger partial charge in [0, 0.05) is 44.7 Å². The van der Waals surface area contributed by atoms with Gasteiger partial charge in [-0.2, -0.15) is 4.31 Å². The molecule has 0 spiro atoms. The average molecular weight is 433 g/mol. The van der Waals surface area contributed by atoms with Crippen molar-refractivity contribution in [3.8, 4) is 0 Å². The number of aromatic nitrogens is 1. The molecule has 0 aliphatic carbocycles. The predicted molar refractivity (Wildman–Crippen MR) is 108 cm³/mol. The standard InChI is InChI=1S/C19H23N5O5S/c1-30(27,28)22-10-13-3-4-14(11-22)24(13)9-12-2-5-16-15(8-12)18(21-29-16)23-7-6-17(25)20-19(23)26/h2,5,8,13-14H,3-4,6-7,9-11H2,1H3,(H,20,25,26). The summed E-state index contributed by atoms with van der Waals surface area (Å²) < 4.78 is 30.9. The van der Waals surface area contributed by atoms with Crippen molar-refractivity contribution in [2.45, 2.75) is 37.9 Å². The van der Waals surface area contributed by atoms with E-state index >= 15 is 0 Å². The maximum atomic E-state index is 12.2. The number of piperazine rings is 1. The Kier molecular flexibility index (Phi) is 4.56. The molecule has 4 heterocycles. The zero-order valence-corrected chi connectivity index (χ0v) is 17.4. The molecule has 3 fully saturated rings. The van der Waals surface area contributed by atoms with Gasteiger partial charge in [-0.1, -0.05) is 11.2 Å². The van der Waals surface area contributed by atoms with E-state index in [0.717, 1.165) is 23.8 Å². The molecule has 3 saturated heterocycles. The highest BCUT2D eigenvalue weighted by atomic mass is 32.2. The number of fused-ring (bicyclic) bond motifs is 3. The molecule has 5 rings (SSSR count). The lowest BCUT2D eigenvalue weighted by atomic mass is 10.1. The molecule has 10 nitrogen and oxygen atoms in total. The maximum absolute atomic E-state index is 12.2. The molecule has 3 aliphatic heterocycles. The minimum atomic E-state index is -3.18. The first kappa shape index (κ1) is 19.5. The molecule has 11 heteroatoms. The Balaban J connectivity index is 1.39. The number of amides is 3. The zero-order valence-electron chi connectivity index (χ0n) is 16.6. The lowest BCUT2D eigenvalue weighted by molar-refractivity contribution is -0.120. The summed E-state index contributed by atoms with van der Waals surface area (Å²) in [6.07, 6.45) is 3.46. The number of hydrogen-bond donors (Lipinski definition) is 1. The second-order valence-electron chi connectivity index (χ2n) is 8.23. The number of carbonyl (C=O) groups is 2. The van der Waals surface area contributed by atoms with Crippen LogP contribution < -0.4 is 10.2 Å². The van der Waals surface area contributed by atoms with Crippen LogP contribution in [-0.4, -0.2) is 72.7 Å². The Labute approximate surface area is 173 Å². The van der Waals surface area contributed by atoms with Crippen molar-refractivity contribution in [3.05, 3.63) is 23.8 Å². The number of hydrogen-bond acceptors (Lipinski definition) is 7. The maximum Gasteiger partial charge on any atom is 0.329 e. The average Bonchev–Trinajstić information content (AvgIpc) is 3.17. The van der Waals surface area contributed by atoms with Crippen molar-refractivity contribution in [2.75, 3.05) is 30.8 Å². The van der Waals surface area contributed by atoms with Gasteiger partial charge in [0.25, 0.3) is 0 Å². The first-order valence-electron chi connectivity index (χ1n) is 10.00. The SMILES string of the molecule is CS(=O)(=O)N1CC2CCC(C1)N2Cc1ccc2onc(N3CCC(=O)NC3=O)c2c1. The van der Waals surface area contributed by atoms with Crippen LogP contribution in [0.2, 0.25) is 0 Å². The number of urea groups is 1. The predicted octanol–water partition coefficient (Wildman–Crippen LogP) is 0.882. The van der Waals surface area contributed by atoms with E-state index in [1.54, 1.807) is 4.31 Å². The van der Waals surface area contributed by atoms with Crippen LogP contribution in [0.5, 0.6) is 0 Å². The molecule has 160 valence electrons. The van der Waals surface area contributed by atoms with Crippen molar-refractivity contribution >= 4 is 38.7 Å². The largest absolute Gasteiger partial charge is 0.354 e. The van der Waals surface area contributed by atoms with E-state index in [4.69, 9.17) is 4.52 Å². The summed E-state index contributed by atoms with van der Waals surface area (Å²) >= 11 is 0. The minimum Gasteiger partial charge on any atom is -0.354 e. The van der Waals surface area contributed by atoms with Crippen molar-refractivity contribution in [1.82, 2.24) is 19.7 Å². The quantitative estimate of drug-likeness (QED) is 0.761. The summed E-state index contributed by atoms with van der Waals surface area (Å²) in [5.74, 6) is 0.107. The molecule has 1 aromatic carbocycles. The third-order valence-electron chi connectivity index (χ3n) is 6.26. The second-order valence-corrected chi connectivity index (χ2v) is 10.2. The molecule has 2 atom stereocenters. The topological polar surface area (TPSA) is 116 Å². The minimum absolute atomic E-state index is 0.204. The van der Waals surface area contributed by atoms with Gasteiger partial charge in [0.1, 0.15) is 0 Å². The van der Waals surface area contributed by atoms with Gasteiger partial charge in [-0.05, 0) is 30.5 Å². The van der Waals surface area contributed by atoms with Gasteiger partial charge in [-0.3, -0.25) is 19.9 Å². The molecule has 2 unspecified atom stereocenters. The first-order valence-corrected chi connectivity index (χ1v) is 11.8. The summed E-state index contributed by atoms with van der Waals surface area (Å²) in [5, 5.41) is 7.08. The van der Waals surface area contributed by atoms with Gasteiger partial charge in [0.05, 0.1) is 11.6 Å². The Morgan fingerprint density at radius 3 is 2.60 bits per heavy atom. The molecular formula is C19H23N5O5S. The van der Waals surface area contributed by atoms with E-state index in [9.17, 15) is 18.0 Å². The number of nitrogens with zero attached hydrogens (tertiary/aromatic N) is 4. The molecule has 2 aromatic rings. The fourth-order valence-electron chi connectivity index (χ4n) is 4.72. The number of nitrogens with one attached hydrogen (secondary N) is 1. The lowest BCUT2D eigenvalue weighted by Gasteiger charge is -2.39. The van der Waals surface area contributed by atoms with Crippen molar-refractivity contribution < 1.29 is 22.5 Å². The Morgan fingerprint density at radius 1 is 1.20 bits per heavy atom. The van der Waals surface area contributed by atoms with E-state index in [2.05, 4.69) is 15.4 Å². The molecule has 30 heavy (non-hydrogen) atoms. The zero-order chi connectivity index (χ0) is 21.0. The Morgan fingerprint density at radius 2 is 1.93 bits per heavy atom. The Bertz CT molecular complexity index is 1120. The van der Waals surface area contributed by atoms with Crippen LogP contribution in [0.3, 0.4) is 0 Å². The highest BCUT2D eigenvalue weighted by molar-refractivity contribution is 7.88. The van der Waals surface area contributed by atoms with Gasteiger partial charge < -0.3 is 4.52 Å². The van der Waals surface area contributed by atoms with Crippen molar-refractivity contribution in [2.24, 2.45) is 0 Å². The van der Waals surface area contributed by atoms with Crippen LogP contribution in [0.4, 0.5) is 10.6 Å². The highest BCUT2D eigenvalue weighted by Gasteiger charge is 2.42. The third-order valence-corrected chi connectivity index (χ3v) is 7.50. The van der Waals surface area contributed by atoms with Crippen LogP contribution in [0, 0.1) is 0 Å². The number of sulfonamides is 1. The molecule has 0 saturated carbocycles. The van der Waals surface area contributed by atoms with Gasteiger partial charge in [0.2, 0.25) is 15.9 Å². The summed E-state index contributed by atoms with van der Waals surface area (Å²) in [7, 11) is -3.18. The molecule has 1 aromatic heterocycles. The molecular weight excluding hydrogens is 410 g/mol. The molecule has 3 amide bonds. The van der Waals surface area contributed by atoms with Gasteiger partial charge in [-0.25, -0.2) is 13.2 Å². The Hall–Kier alpha value is -2.50. The van der Waals surface area contributed by atoms with Crippen LogP contribution in [0.15, 0.2) is 22.7 Å². The molecule has 0 radical (unpaired) electrons. The number of rotatable bonds is 4. The summed E-state index contributed by atoms with van der Waals surface area (Å²) in [4.78, 5) is 27.4. The van der Waals surface area contributed by atoms with E-state index < -0.39 is 16.1 Å². The number of carbonyl (C=O) groups excluding carboxylic acids is 2. The fourth-order valence-corrected chi connectivity index (χ4v) is 5.61. The normalized spacial score (nSPS) is 25.8. The van der Waals surface area contributed by atoms with Crippen LogP contribution in [0.25, 0.3) is 11.0 Å². The highest BCUT2D eigenvalue weighted by Crippen LogP contribution is 2.34. The van der Waals surface area contributed by atoms with E-state index in [0.29, 0.717) is 31.0 Å².